The summed E-state index contributed by atoms with van der Waals surface area (Å²) in [6, 6.07) is 3.39. The van der Waals surface area contributed by atoms with Crippen LogP contribution >= 0.6 is 0 Å². The van der Waals surface area contributed by atoms with E-state index in [0.717, 1.165) is 45.1 Å². The summed E-state index contributed by atoms with van der Waals surface area (Å²) in [6.07, 6.45) is 1.72. The predicted octanol–water partition coefficient (Wildman–Crippen LogP) is 2.95. The first-order chi connectivity index (χ1) is 17.4. The maximum atomic E-state index is 14.1. The summed E-state index contributed by atoms with van der Waals surface area (Å²) in [7, 11) is 0. The molecule has 192 valence electrons. The molecule has 0 aromatic carbocycles. The third-order valence-electron chi connectivity index (χ3n) is 7.21. The standard InChI is InChI=1S/C24H28F3N7O2/c25-24(26,27)18-11-31-22(32-15-10-23(36-14-15)3-6-28-7-4-23)33-20(18)17-13-34(19-12-29-8-9-35-19)21-16(17)2-1-5-30-21/h1-2,5,11,13,15,19,28-29H,3-4,6-10,12,14H2,(H,31,32,33). The van der Waals surface area contributed by atoms with E-state index in [-0.39, 0.29) is 29.5 Å². The number of ether oxygens (including phenoxy) is 2. The molecular formula is C24H28F3N7O2. The Kier molecular flexibility index (Phi) is 6.06. The van der Waals surface area contributed by atoms with Crippen LogP contribution in [0.4, 0.5) is 19.1 Å². The first-order valence-corrected chi connectivity index (χ1v) is 12.3. The fourth-order valence-electron chi connectivity index (χ4n) is 5.44. The second kappa shape index (κ2) is 9.25. The van der Waals surface area contributed by atoms with Gasteiger partial charge in [-0.05, 0) is 44.5 Å². The number of pyridine rings is 1. The molecule has 9 nitrogen and oxygen atoms in total. The maximum Gasteiger partial charge on any atom is 0.419 e. The van der Waals surface area contributed by atoms with Gasteiger partial charge in [0.05, 0.1) is 30.6 Å². The number of alkyl halides is 3. The summed E-state index contributed by atoms with van der Waals surface area (Å²) >= 11 is 0. The molecule has 36 heavy (non-hydrogen) atoms. The summed E-state index contributed by atoms with van der Waals surface area (Å²) in [4.78, 5) is 12.9. The molecule has 2 unspecified atom stereocenters. The van der Waals surface area contributed by atoms with E-state index in [1.807, 2.05) is 0 Å². The number of aromatic nitrogens is 4. The molecule has 3 fully saturated rings. The van der Waals surface area contributed by atoms with Gasteiger partial charge in [0, 0.05) is 42.6 Å². The largest absolute Gasteiger partial charge is 0.419 e. The minimum atomic E-state index is -4.62. The predicted molar refractivity (Wildman–Crippen MR) is 126 cm³/mol. The molecule has 3 aliphatic heterocycles. The molecule has 3 aromatic heterocycles. The molecule has 6 rings (SSSR count). The molecular weight excluding hydrogens is 475 g/mol. The SMILES string of the molecule is FC(F)(F)c1cnc(NC2COC3(CCNCC3)C2)nc1-c1cn(C2CNCCO2)c2ncccc12. The molecule has 1 spiro atoms. The lowest BCUT2D eigenvalue weighted by atomic mass is 9.88. The van der Waals surface area contributed by atoms with Gasteiger partial charge in [-0.1, -0.05) is 0 Å². The van der Waals surface area contributed by atoms with Crippen molar-refractivity contribution in [2.24, 2.45) is 0 Å². The van der Waals surface area contributed by atoms with Crippen molar-refractivity contribution in [3.05, 3.63) is 36.3 Å². The van der Waals surface area contributed by atoms with Crippen LogP contribution in [-0.2, 0) is 15.7 Å². The lowest BCUT2D eigenvalue weighted by molar-refractivity contribution is -0.137. The number of piperidine rings is 1. The minimum absolute atomic E-state index is 0.0718. The highest BCUT2D eigenvalue weighted by Crippen LogP contribution is 2.40. The van der Waals surface area contributed by atoms with Gasteiger partial charge in [0.25, 0.3) is 0 Å². The van der Waals surface area contributed by atoms with Crippen LogP contribution in [0.5, 0.6) is 0 Å². The van der Waals surface area contributed by atoms with E-state index in [9.17, 15) is 13.2 Å². The Hall–Kier alpha value is -2.80. The number of rotatable bonds is 4. The van der Waals surface area contributed by atoms with Crippen molar-refractivity contribution < 1.29 is 22.6 Å². The van der Waals surface area contributed by atoms with Gasteiger partial charge in [-0.3, -0.25) is 0 Å². The maximum absolute atomic E-state index is 14.1. The minimum Gasteiger partial charge on any atom is -0.373 e. The summed E-state index contributed by atoms with van der Waals surface area (Å²) in [5, 5.41) is 10.4. The van der Waals surface area contributed by atoms with Gasteiger partial charge in [-0.25, -0.2) is 15.0 Å². The van der Waals surface area contributed by atoms with E-state index in [1.165, 1.54) is 0 Å². The monoisotopic (exact) mass is 503 g/mol. The highest BCUT2D eigenvalue weighted by molar-refractivity contribution is 5.94. The van der Waals surface area contributed by atoms with E-state index in [1.54, 1.807) is 29.1 Å². The topological polar surface area (TPSA) is 98.2 Å². The molecule has 3 saturated heterocycles. The van der Waals surface area contributed by atoms with Crippen LogP contribution in [0, 0.1) is 0 Å². The number of morpholine rings is 1. The molecule has 0 aliphatic carbocycles. The number of fused-ring (bicyclic) bond motifs is 1. The van der Waals surface area contributed by atoms with Crippen LogP contribution < -0.4 is 16.0 Å². The van der Waals surface area contributed by atoms with Gasteiger partial charge in [0.2, 0.25) is 5.95 Å². The van der Waals surface area contributed by atoms with Gasteiger partial charge < -0.3 is 30.0 Å². The number of nitrogens with one attached hydrogen (secondary N) is 3. The molecule has 3 aliphatic rings. The Morgan fingerprint density at radius 3 is 2.78 bits per heavy atom. The lowest BCUT2D eigenvalue weighted by Gasteiger charge is -2.32. The zero-order valence-corrected chi connectivity index (χ0v) is 19.6. The van der Waals surface area contributed by atoms with Crippen LogP contribution in [0.1, 0.15) is 31.1 Å². The number of hydrogen-bond donors (Lipinski definition) is 3. The summed E-state index contributed by atoms with van der Waals surface area (Å²) in [5.41, 5.74) is -0.390. The Bertz CT molecular complexity index is 1240. The zero-order valence-electron chi connectivity index (χ0n) is 19.6. The molecule has 0 bridgehead atoms. The lowest BCUT2D eigenvalue weighted by Crippen LogP contribution is -2.41. The van der Waals surface area contributed by atoms with E-state index in [2.05, 4.69) is 30.9 Å². The second-order valence-corrected chi connectivity index (χ2v) is 9.60. The zero-order chi connectivity index (χ0) is 24.8. The third-order valence-corrected chi connectivity index (χ3v) is 7.21. The molecule has 3 N–H and O–H groups in total. The summed E-state index contributed by atoms with van der Waals surface area (Å²) in [5.74, 6) is 0.151. The van der Waals surface area contributed by atoms with Gasteiger partial charge in [0.15, 0.2) is 0 Å². The molecule has 6 heterocycles. The first kappa shape index (κ1) is 23.6. The third kappa shape index (κ3) is 4.42. The van der Waals surface area contributed by atoms with Gasteiger partial charge >= 0.3 is 6.18 Å². The molecule has 0 radical (unpaired) electrons. The molecule has 0 amide bonds. The van der Waals surface area contributed by atoms with E-state index >= 15 is 0 Å². The quantitative estimate of drug-likeness (QED) is 0.500. The highest BCUT2D eigenvalue weighted by Gasteiger charge is 2.42. The summed E-state index contributed by atoms with van der Waals surface area (Å²) in [6.45, 7) is 4.01. The second-order valence-electron chi connectivity index (χ2n) is 9.60. The van der Waals surface area contributed by atoms with Gasteiger partial charge in [0.1, 0.15) is 17.4 Å². The van der Waals surface area contributed by atoms with Crippen molar-refractivity contribution in [3.63, 3.8) is 0 Å². The van der Waals surface area contributed by atoms with E-state index in [0.29, 0.717) is 36.4 Å². The average Bonchev–Trinajstić information content (AvgIpc) is 3.46. The van der Waals surface area contributed by atoms with Gasteiger partial charge in [-0.15, -0.1) is 0 Å². The first-order valence-electron chi connectivity index (χ1n) is 12.3. The Morgan fingerprint density at radius 1 is 1.14 bits per heavy atom. The highest BCUT2D eigenvalue weighted by atomic mass is 19.4. The fraction of sp³-hybridized carbons (Fsp3) is 0.542. The molecule has 0 saturated carbocycles. The molecule has 3 aromatic rings. The number of halogens is 3. The smallest absolute Gasteiger partial charge is 0.373 e. The van der Waals surface area contributed by atoms with Crippen LogP contribution in [0.3, 0.4) is 0 Å². The van der Waals surface area contributed by atoms with Crippen molar-refractivity contribution in [2.75, 3.05) is 44.7 Å². The van der Waals surface area contributed by atoms with Crippen molar-refractivity contribution in [1.82, 2.24) is 30.2 Å². The number of hydrogen-bond acceptors (Lipinski definition) is 8. The van der Waals surface area contributed by atoms with Crippen LogP contribution in [0.25, 0.3) is 22.3 Å². The fourth-order valence-corrected chi connectivity index (χ4v) is 5.44. The molecule has 2 atom stereocenters. The van der Waals surface area contributed by atoms with Crippen LogP contribution in [-0.4, -0.2) is 70.6 Å². The Balaban J connectivity index is 1.37. The number of anilines is 1. The van der Waals surface area contributed by atoms with Crippen LogP contribution in [0.15, 0.2) is 30.7 Å². The summed E-state index contributed by atoms with van der Waals surface area (Å²) < 4.78 is 56.0. The van der Waals surface area contributed by atoms with E-state index in [4.69, 9.17) is 9.47 Å². The average molecular weight is 504 g/mol. The van der Waals surface area contributed by atoms with Gasteiger partial charge in [-0.2, -0.15) is 13.2 Å². The molecule has 12 heteroatoms. The van der Waals surface area contributed by atoms with Crippen LogP contribution in [0.2, 0.25) is 0 Å². The van der Waals surface area contributed by atoms with E-state index < -0.39 is 11.7 Å². The van der Waals surface area contributed by atoms with Crippen molar-refractivity contribution in [1.29, 1.82) is 0 Å². The Labute approximate surface area is 205 Å². The normalized spacial score (nSPS) is 24.4. The Morgan fingerprint density at radius 2 is 2.00 bits per heavy atom. The number of nitrogens with zero attached hydrogens (tertiary/aromatic N) is 4. The van der Waals surface area contributed by atoms with Crippen molar-refractivity contribution >= 4 is 17.0 Å². The van der Waals surface area contributed by atoms with Crippen molar-refractivity contribution in [2.45, 2.75) is 43.3 Å². The van der Waals surface area contributed by atoms with Crippen molar-refractivity contribution in [3.8, 4) is 11.3 Å².